The van der Waals surface area contributed by atoms with Crippen LogP contribution in [-0.2, 0) is 10.2 Å². The lowest BCUT2D eigenvalue weighted by molar-refractivity contribution is 0.238. The molecule has 1 aliphatic carbocycles. The fourth-order valence-corrected chi connectivity index (χ4v) is 4.39. The molecule has 1 heterocycles. The lowest BCUT2D eigenvalue weighted by atomic mass is 9.96. The van der Waals surface area contributed by atoms with Gasteiger partial charge >= 0.3 is 0 Å². The molecule has 0 amide bonds. The third kappa shape index (κ3) is 5.49. The van der Waals surface area contributed by atoms with Crippen LogP contribution >= 0.6 is 0 Å². The SMILES string of the molecule is CN(C1CCCCC1)S(=O)(=O)NCCCN1CCNCC1. The summed E-state index contributed by atoms with van der Waals surface area (Å²) in [4.78, 5) is 2.38. The van der Waals surface area contributed by atoms with E-state index in [2.05, 4.69) is 14.9 Å². The Morgan fingerprint density at radius 1 is 1.19 bits per heavy atom. The number of nitrogens with one attached hydrogen (secondary N) is 2. The molecule has 2 rings (SSSR count). The maximum Gasteiger partial charge on any atom is 0.279 e. The van der Waals surface area contributed by atoms with Crippen molar-refractivity contribution in [1.29, 1.82) is 0 Å². The second kappa shape index (κ2) is 8.43. The van der Waals surface area contributed by atoms with Crippen LogP contribution in [0.4, 0.5) is 0 Å². The maximum atomic E-state index is 12.3. The molecule has 0 bridgehead atoms. The molecule has 0 radical (unpaired) electrons. The Bertz CT molecular complexity index is 390. The summed E-state index contributed by atoms with van der Waals surface area (Å²) < 4.78 is 28.8. The standard InChI is InChI=1S/C14H30N4O2S/c1-17(14-6-3-2-4-7-14)21(19,20)16-8-5-11-18-12-9-15-10-13-18/h14-16H,2-13H2,1H3. The summed E-state index contributed by atoms with van der Waals surface area (Å²) in [5.41, 5.74) is 0. The van der Waals surface area contributed by atoms with E-state index in [0.29, 0.717) is 6.54 Å². The van der Waals surface area contributed by atoms with Gasteiger partial charge in [0.05, 0.1) is 0 Å². The molecule has 7 heteroatoms. The van der Waals surface area contributed by atoms with E-state index in [9.17, 15) is 8.42 Å². The number of piperazine rings is 1. The third-order valence-electron chi connectivity index (χ3n) is 4.61. The van der Waals surface area contributed by atoms with E-state index in [1.54, 1.807) is 11.4 Å². The fraction of sp³-hybridized carbons (Fsp3) is 1.00. The zero-order valence-electron chi connectivity index (χ0n) is 13.2. The van der Waals surface area contributed by atoms with E-state index in [-0.39, 0.29) is 6.04 Å². The molecule has 0 aromatic rings. The highest BCUT2D eigenvalue weighted by Crippen LogP contribution is 2.22. The van der Waals surface area contributed by atoms with Crippen molar-refractivity contribution in [3.05, 3.63) is 0 Å². The summed E-state index contributed by atoms with van der Waals surface area (Å²) in [6.45, 7) is 5.70. The van der Waals surface area contributed by atoms with Crippen LogP contribution in [0.1, 0.15) is 38.5 Å². The van der Waals surface area contributed by atoms with Crippen molar-refractivity contribution in [1.82, 2.24) is 19.2 Å². The molecular formula is C14H30N4O2S. The molecule has 21 heavy (non-hydrogen) atoms. The third-order valence-corrected chi connectivity index (χ3v) is 6.24. The van der Waals surface area contributed by atoms with Crippen molar-refractivity contribution in [3.8, 4) is 0 Å². The zero-order valence-corrected chi connectivity index (χ0v) is 14.0. The molecule has 1 aliphatic heterocycles. The molecular weight excluding hydrogens is 288 g/mol. The topological polar surface area (TPSA) is 64.7 Å². The normalized spacial score (nSPS) is 22.8. The van der Waals surface area contributed by atoms with Crippen LogP contribution in [0, 0.1) is 0 Å². The van der Waals surface area contributed by atoms with Crippen molar-refractivity contribution < 1.29 is 8.42 Å². The molecule has 6 nitrogen and oxygen atoms in total. The summed E-state index contributed by atoms with van der Waals surface area (Å²) in [7, 11) is -1.59. The second-order valence-electron chi connectivity index (χ2n) is 6.15. The van der Waals surface area contributed by atoms with E-state index in [1.165, 1.54) is 6.42 Å². The van der Waals surface area contributed by atoms with Gasteiger partial charge in [0.1, 0.15) is 0 Å². The van der Waals surface area contributed by atoms with Crippen LogP contribution in [0.2, 0.25) is 0 Å². The van der Waals surface area contributed by atoms with Crippen LogP contribution in [0.15, 0.2) is 0 Å². The van der Waals surface area contributed by atoms with E-state index in [0.717, 1.165) is 64.8 Å². The molecule has 0 unspecified atom stereocenters. The van der Waals surface area contributed by atoms with E-state index < -0.39 is 10.2 Å². The summed E-state index contributed by atoms with van der Waals surface area (Å²) in [6, 6.07) is 0.185. The average Bonchev–Trinajstić information content (AvgIpc) is 2.53. The molecule has 2 N–H and O–H groups in total. The van der Waals surface area contributed by atoms with Gasteiger partial charge in [0.15, 0.2) is 0 Å². The number of nitrogens with zero attached hydrogens (tertiary/aromatic N) is 2. The van der Waals surface area contributed by atoms with Gasteiger partial charge in [-0.25, -0.2) is 4.72 Å². The molecule has 124 valence electrons. The smallest absolute Gasteiger partial charge is 0.279 e. The van der Waals surface area contributed by atoms with Crippen LogP contribution in [-0.4, -0.2) is 70.0 Å². The minimum Gasteiger partial charge on any atom is -0.314 e. The Hall–Kier alpha value is -0.210. The predicted molar refractivity (Wildman–Crippen MR) is 85.5 cm³/mol. The Morgan fingerprint density at radius 2 is 1.86 bits per heavy atom. The molecule has 1 saturated heterocycles. The van der Waals surface area contributed by atoms with Crippen LogP contribution in [0.3, 0.4) is 0 Å². The lowest BCUT2D eigenvalue weighted by Gasteiger charge is -2.30. The van der Waals surface area contributed by atoms with Crippen molar-refractivity contribution in [2.45, 2.75) is 44.6 Å². The minimum absolute atomic E-state index is 0.185. The van der Waals surface area contributed by atoms with Crippen molar-refractivity contribution in [2.75, 3.05) is 46.3 Å². The largest absolute Gasteiger partial charge is 0.314 e. The summed E-state index contributed by atoms with van der Waals surface area (Å²) in [5, 5.41) is 3.32. The van der Waals surface area contributed by atoms with Gasteiger partial charge in [-0.15, -0.1) is 0 Å². The number of hydrogen-bond donors (Lipinski definition) is 2. The number of hydrogen-bond acceptors (Lipinski definition) is 4. The molecule has 0 aromatic carbocycles. The molecule has 0 aromatic heterocycles. The highest BCUT2D eigenvalue weighted by atomic mass is 32.2. The van der Waals surface area contributed by atoms with Gasteiger partial charge in [-0.05, 0) is 25.8 Å². The monoisotopic (exact) mass is 318 g/mol. The van der Waals surface area contributed by atoms with Gasteiger partial charge in [0, 0.05) is 45.8 Å². The number of rotatable bonds is 7. The summed E-state index contributed by atoms with van der Waals surface area (Å²) in [6.07, 6.45) is 6.40. The van der Waals surface area contributed by atoms with Gasteiger partial charge < -0.3 is 10.2 Å². The van der Waals surface area contributed by atoms with Crippen LogP contribution < -0.4 is 10.0 Å². The molecule has 0 spiro atoms. The van der Waals surface area contributed by atoms with Gasteiger partial charge in [-0.1, -0.05) is 19.3 Å². The Balaban J connectivity index is 1.67. The second-order valence-corrected chi connectivity index (χ2v) is 7.97. The first-order valence-corrected chi connectivity index (χ1v) is 9.69. The first kappa shape index (κ1) is 17.1. The average molecular weight is 318 g/mol. The molecule has 1 saturated carbocycles. The van der Waals surface area contributed by atoms with Crippen LogP contribution in [0.25, 0.3) is 0 Å². The van der Waals surface area contributed by atoms with Crippen molar-refractivity contribution in [3.63, 3.8) is 0 Å². The van der Waals surface area contributed by atoms with Crippen LogP contribution in [0.5, 0.6) is 0 Å². The van der Waals surface area contributed by atoms with E-state index in [4.69, 9.17) is 0 Å². The molecule has 0 atom stereocenters. The van der Waals surface area contributed by atoms with Gasteiger partial charge in [0.2, 0.25) is 0 Å². The Morgan fingerprint density at radius 3 is 2.52 bits per heavy atom. The van der Waals surface area contributed by atoms with E-state index >= 15 is 0 Å². The molecule has 2 aliphatic rings. The van der Waals surface area contributed by atoms with Crippen molar-refractivity contribution in [2.24, 2.45) is 0 Å². The molecule has 2 fully saturated rings. The predicted octanol–water partition coefficient (Wildman–Crippen LogP) is 0.381. The first-order valence-electron chi connectivity index (χ1n) is 8.25. The first-order chi connectivity index (χ1) is 10.1. The summed E-state index contributed by atoms with van der Waals surface area (Å²) >= 11 is 0. The lowest BCUT2D eigenvalue weighted by Crippen LogP contribution is -2.46. The van der Waals surface area contributed by atoms with Gasteiger partial charge in [0.25, 0.3) is 10.2 Å². The van der Waals surface area contributed by atoms with E-state index in [1.807, 2.05) is 0 Å². The zero-order chi connectivity index (χ0) is 15.1. The fourth-order valence-electron chi connectivity index (χ4n) is 3.18. The maximum absolute atomic E-state index is 12.3. The van der Waals surface area contributed by atoms with Gasteiger partial charge in [-0.2, -0.15) is 12.7 Å². The Kier molecular flexibility index (Phi) is 6.88. The summed E-state index contributed by atoms with van der Waals surface area (Å²) in [5.74, 6) is 0. The highest BCUT2D eigenvalue weighted by Gasteiger charge is 2.26. The quantitative estimate of drug-likeness (QED) is 0.666. The Labute approximate surface area is 129 Å². The van der Waals surface area contributed by atoms with Crippen molar-refractivity contribution >= 4 is 10.2 Å². The van der Waals surface area contributed by atoms with Gasteiger partial charge in [-0.3, -0.25) is 0 Å². The minimum atomic E-state index is -3.31. The highest BCUT2D eigenvalue weighted by molar-refractivity contribution is 7.87.